The van der Waals surface area contributed by atoms with Crippen molar-refractivity contribution >= 4 is 16.7 Å². The Morgan fingerprint density at radius 1 is 1.03 bits per heavy atom. The molecule has 0 amide bonds. The number of fused-ring (bicyclic) bond motifs is 1. The molecule has 0 N–H and O–H groups in total. The van der Waals surface area contributed by atoms with Crippen LogP contribution in [0.3, 0.4) is 0 Å². The van der Waals surface area contributed by atoms with E-state index < -0.39 is 0 Å². The summed E-state index contributed by atoms with van der Waals surface area (Å²) in [4.78, 5) is 14.6. The number of pyridine rings is 1. The number of anilines is 1. The zero-order valence-electron chi connectivity index (χ0n) is 21.9. The Morgan fingerprint density at radius 2 is 1.75 bits per heavy atom. The topological polar surface area (TPSA) is 58.3 Å². The lowest BCUT2D eigenvalue weighted by Crippen LogP contribution is -2.45. The average molecular weight is 492 g/mol. The van der Waals surface area contributed by atoms with Gasteiger partial charge in [-0.05, 0) is 87.5 Å². The van der Waals surface area contributed by atoms with Gasteiger partial charge in [-0.2, -0.15) is 4.98 Å². The summed E-state index contributed by atoms with van der Waals surface area (Å²) in [5.74, 6) is 3.31. The lowest BCUT2D eigenvalue weighted by atomic mass is 9.82. The summed E-state index contributed by atoms with van der Waals surface area (Å²) in [5, 5.41) is 4.89. The van der Waals surface area contributed by atoms with E-state index in [1.165, 1.54) is 51.6 Å². The molecule has 2 saturated carbocycles. The Hall–Kier alpha value is -2.54. The number of nitrogens with zero attached hydrogens (tertiary/aromatic N) is 5. The fraction of sp³-hybridized carbons (Fsp3) is 0.621. The van der Waals surface area contributed by atoms with Crippen LogP contribution in [0.15, 0.2) is 16.7 Å². The smallest absolute Gasteiger partial charge is 0.261 e. The lowest BCUT2D eigenvalue weighted by molar-refractivity contribution is 0.0994. The van der Waals surface area contributed by atoms with E-state index in [1.807, 2.05) is 20.8 Å². The zero-order chi connectivity index (χ0) is 24.8. The minimum absolute atomic E-state index is 0.255. The predicted molar refractivity (Wildman–Crippen MR) is 141 cm³/mol. The molecule has 6 nitrogen and oxygen atoms in total. The van der Waals surface area contributed by atoms with Crippen LogP contribution >= 0.6 is 0 Å². The second-order valence-electron chi connectivity index (χ2n) is 11.3. The Bertz CT molecular complexity index is 1230. The van der Waals surface area contributed by atoms with E-state index in [2.05, 4.69) is 26.0 Å². The highest BCUT2D eigenvalue weighted by molar-refractivity contribution is 5.93. The number of aromatic nitrogens is 3. The molecule has 3 heterocycles. The molecule has 1 aliphatic heterocycles. The van der Waals surface area contributed by atoms with Crippen molar-refractivity contribution in [2.24, 2.45) is 11.8 Å². The second kappa shape index (κ2) is 9.73. The highest BCUT2D eigenvalue weighted by Crippen LogP contribution is 2.39. The quantitative estimate of drug-likeness (QED) is 0.380. The van der Waals surface area contributed by atoms with Gasteiger partial charge in [0.05, 0.1) is 5.56 Å². The fourth-order valence-electron chi connectivity index (χ4n) is 6.23. The first-order valence-corrected chi connectivity index (χ1v) is 13.9. The van der Waals surface area contributed by atoms with E-state index in [1.54, 1.807) is 6.07 Å². The van der Waals surface area contributed by atoms with E-state index in [4.69, 9.17) is 9.51 Å². The van der Waals surface area contributed by atoms with Crippen LogP contribution in [0.5, 0.6) is 0 Å². The molecule has 1 atom stereocenters. The van der Waals surface area contributed by atoms with Gasteiger partial charge in [-0.25, -0.2) is 9.37 Å². The summed E-state index contributed by atoms with van der Waals surface area (Å²) >= 11 is 0. The molecule has 7 heteroatoms. The van der Waals surface area contributed by atoms with E-state index in [0.717, 1.165) is 65.7 Å². The summed E-state index contributed by atoms with van der Waals surface area (Å²) < 4.78 is 20.9. The molecule has 1 saturated heterocycles. The maximum Gasteiger partial charge on any atom is 0.261 e. The first kappa shape index (κ1) is 23.8. The highest BCUT2D eigenvalue weighted by atomic mass is 19.1. The van der Waals surface area contributed by atoms with Gasteiger partial charge < -0.3 is 9.42 Å². The van der Waals surface area contributed by atoms with Gasteiger partial charge in [0.1, 0.15) is 17.2 Å². The number of hydrogen-bond donors (Lipinski definition) is 0. The molecule has 1 aromatic carbocycles. The molecule has 0 spiro atoms. The van der Waals surface area contributed by atoms with Crippen molar-refractivity contribution in [2.45, 2.75) is 78.2 Å². The third kappa shape index (κ3) is 4.40. The van der Waals surface area contributed by atoms with Crippen LogP contribution in [0.2, 0.25) is 0 Å². The summed E-state index contributed by atoms with van der Waals surface area (Å²) in [6.45, 7) is 10.2. The molecule has 36 heavy (non-hydrogen) atoms. The predicted octanol–water partition coefficient (Wildman–Crippen LogP) is 6.08. The number of rotatable bonds is 8. The normalized spacial score (nSPS) is 20.9. The van der Waals surface area contributed by atoms with Gasteiger partial charge in [-0.15, -0.1) is 0 Å². The molecule has 192 valence electrons. The van der Waals surface area contributed by atoms with Gasteiger partial charge in [-0.3, -0.25) is 4.90 Å². The van der Waals surface area contributed by atoms with Crippen molar-refractivity contribution in [1.82, 2.24) is 20.0 Å². The van der Waals surface area contributed by atoms with Gasteiger partial charge >= 0.3 is 0 Å². The van der Waals surface area contributed by atoms with Gasteiger partial charge in [0.2, 0.25) is 0 Å². The van der Waals surface area contributed by atoms with Crippen molar-refractivity contribution in [3.8, 4) is 11.5 Å². The number of aryl methyl sites for hydroxylation is 3. The maximum atomic E-state index is 15.3. The molecule has 3 fully saturated rings. The lowest BCUT2D eigenvalue weighted by Gasteiger charge is -2.40. The molecule has 2 aromatic heterocycles. The summed E-state index contributed by atoms with van der Waals surface area (Å²) in [7, 11) is 0. The minimum Gasteiger partial charge on any atom is -0.354 e. The first-order chi connectivity index (χ1) is 17.5. The standard InChI is InChI=1S/C29H38FN5O/c1-4-20-13-24-18(2)26(29-31-19(3)33-36-29)28(32-27(24)25(30)14-20)34-12-11-23(17-34)35(15-21-7-5-8-21)16-22-9-6-10-22/h13-14,21-23H,4-12,15-17H2,1-3H3/t23-/m0/s1. The molecular weight excluding hydrogens is 453 g/mol. The first-order valence-electron chi connectivity index (χ1n) is 13.9. The molecule has 0 radical (unpaired) electrons. The summed E-state index contributed by atoms with van der Waals surface area (Å²) in [6.07, 6.45) is 10.2. The van der Waals surface area contributed by atoms with Crippen molar-refractivity contribution in [3.05, 3.63) is 34.9 Å². The second-order valence-corrected chi connectivity index (χ2v) is 11.3. The molecule has 2 aliphatic carbocycles. The van der Waals surface area contributed by atoms with E-state index in [9.17, 15) is 0 Å². The van der Waals surface area contributed by atoms with E-state index >= 15 is 4.39 Å². The summed E-state index contributed by atoms with van der Waals surface area (Å²) in [6, 6.07) is 4.19. The zero-order valence-corrected chi connectivity index (χ0v) is 21.9. The maximum absolute atomic E-state index is 15.3. The van der Waals surface area contributed by atoms with Crippen LogP contribution in [0.1, 0.15) is 68.8 Å². The number of benzene rings is 1. The van der Waals surface area contributed by atoms with Gasteiger partial charge in [0, 0.05) is 37.6 Å². The number of hydrogen-bond acceptors (Lipinski definition) is 6. The SMILES string of the molecule is CCc1cc(F)c2nc(N3CC[C@H](N(CC4CCC4)CC4CCC4)C3)c(-c3nc(C)no3)c(C)c2c1. The third-order valence-electron chi connectivity index (χ3n) is 8.91. The Morgan fingerprint density at radius 3 is 2.33 bits per heavy atom. The monoisotopic (exact) mass is 491 g/mol. The third-order valence-corrected chi connectivity index (χ3v) is 8.91. The van der Waals surface area contributed by atoms with Crippen LogP contribution in [-0.4, -0.2) is 52.2 Å². The minimum atomic E-state index is -0.255. The molecular formula is C29H38FN5O. The van der Waals surface area contributed by atoms with Gasteiger partial charge in [-0.1, -0.05) is 24.9 Å². The van der Waals surface area contributed by atoms with Gasteiger partial charge in [0.15, 0.2) is 5.82 Å². The van der Waals surface area contributed by atoms with Crippen LogP contribution in [0.4, 0.5) is 10.2 Å². The Balaban J connectivity index is 1.36. The van der Waals surface area contributed by atoms with Gasteiger partial charge in [0.25, 0.3) is 5.89 Å². The van der Waals surface area contributed by atoms with Crippen LogP contribution in [0.25, 0.3) is 22.4 Å². The number of halogens is 1. The van der Waals surface area contributed by atoms with Crippen molar-refractivity contribution in [1.29, 1.82) is 0 Å². The van der Waals surface area contributed by atoms with Crippen LogP contribution in [0, 0.1) is 31.5 Å². The summed E-state index contributed by atoms with van der Waals surface area (Å²) in [5.41, 5.74) is 3.20. The van der Waals surface area contributed by atoms with Crippen LogP contribution in [-0.2, 0) is 6.42 Å². The van der Waals surface area contributed by atoms with E-state index in [0.29, 0.717) is 23.3 Å². The van der Waals surface area contributed by atoms with E-state index in [-0.39, 0.29) is 5.82 Å². The van der Waals surface area contributed by atoms with Crippen molar-refractivity contribution in [3.63, 3.8) is 0 Å². The largest absolute Gasteiger partial charge is 0.354 e. The fourth-order valence-corrected chi connectivity index (χ4v) is 6.23. The van der Waals surface area contributed by atoms with Crippen molar-refractivity contribution in [2.75, 3.05) is 31.1 Å². The van der Waals surface area contributed by atoms with Crippen molar-refractivity contribution < 1.29 is 8.91 Å². The van der Waals surface area contributed by atoms with Crippen LogP contribution < -0.4 is 4.90 Å². The highest BCUT2D eigenvalue weighted by Gasteiger charge is 2.35. The molecule has 3 aromatic rings. The molecule has 0 bridgehead atoms. The molecule has 3 aliphatic rings. The average Bonchev–Trinajstić information content (AvgIpc) is 3.46. The molecule has 0 unspecified atom stereocenters. The Kier molecular flexibility index (Phi) is 6.44. The Labute approximate surface area is 213 Å². The molecule has 6 rings (SSSR count).